The molecule has 2 aliphatic heterocycles. The van der Waals surface area contributed by atoms with E-state index in [1.54, 1.807) is 32.9 Å². The zero-order chi connectivity index (χ0) is 30.9. The number of tetrazole rings is 1. The number of rotatable bonds is 10. The molecule has 0 radical (unpaired) electrons. The number of aliphatic carboxylic acids is 1. The maximum atomic E-state index is 13.2. The number of nitrogens with one attached hydrogen (secondary N) is 1. The van der Waals surface area contributed by atoms with Gasteiger partial charge in [-0.2, -0.15) is 0 Å². The first kappa shape index (κ1) is 30.2. The van der Waals surface area contributed by atoms with Gasteiger partial charge >= 0.3 is 11.9 Å². The second kappa shape index (κ2) is 12.1. The Kier molecular flexibility index (Phi) is 8.51. The molecule has 5 rings (SSSR count). The number of carboxylic acid groups (broad SMARTS) is 1. The number of hydrogen-bond donors (Lipinski definition) is 3. The molecule has 2 amide bonds. The van der Waals surface area contributed by atoms with Gasteiger partial charge in [0.05, 0.1) is 0 Å². The van der Waals surface area contributed by atoms with Crippen LogP contribution in [0.5, 0.6) is 0 Å². The summed E-state index contributed by atoms with van der Waals surface area (Å²) in [5, 5.41) is 33.2. The summed E-state index contributed by atoms with van der Waals surface area (Å²) in [6.45, 7) is 4.49. The molecule has 1 unspecified atom stereocenters. The summed E-state index contributed by atoms with van der Waals surface area (Å²) in [4.78, 5) is 60.9. The van der Waals surface area contributed by atoms with Crippen LogP contribution in [0.2, 0.25) is 0 Å². The number of nitrogens with zero attached hydrogens (tertiary/aromatic N) is 8. The molecule has 0 saturated carbocycles. The fraction of sp³-hybridized carbons (Fsp3) is 0.391. The van der Waals surface area contributed by atoms with Gasteiger partial charge in [0, 0.05) is 16.9 Å². The number of carbonyl (C=O) groups excluding carboxylic acids is 3. The molecule has 3 aromatic heterocycles. The summed E-state index contributed by atoms with van der Waals surface area (Å²) < 4.78 is 6.42. The van der Waals surface area contributed by atoms with Crippen molar-refractivity contribution in [3.8, 4) is 0 Å². The molecule has 1 saturated heterocycles. The number of thiazole rings is 1. The van der Waals surface area contributed by atoms with E-state index >= 15 is 0 Å². The van der Waals surface area contributed by atoms with Crippen molar-refractivity contribution >= 4 is 75.1 Å². The lowest BCUT2D eigenvalue weighted by Crippen LogP contribution is -2.71. The highest BCUT2D eigenvalue weighted by Crippen LogP contribution is 2.41. The minimum absolute atomic E-state index is 0.0722. The third-order valence-electron chi connectivity index (χ3n) is 5.71. The number of thioether (sulfide) groups is 2. The molecule has 226 valence electrons. The third-order valence-corrected chi connectivity index (χ3v) is 8.73. The van der Waals surface area contributed by atoms with Crippen molar-refractivity contribution in [2.24, 2.45) is 5.16 Å². The first-order valence-corrected chi connectivity index (χ1v) is 15.3. The highest BCUT2D eigenvalue weighted by atomic mass is 32.2. The van der Waals surface area contributed by atoms with Gasteiger partial charge in [-0.25, -0.2) is 14.6 Å². The van der Waals surface area contributed by atoms with E-state index in [0.717, 1.165) is 16.2 Å². The third kappa shape index (κ3) is 6.70. The van der Waals surface area contributed by atoms with Crippen molar-refractivity contribution in [1.82, 2.24) is 40.5 Å². The molecular weight excluding hydrogens is 625 g/mol. The Labute approximate surface area is 255 Å². The van der Waals surface area contributed by atoms with Gasteiger partial charge in [0.15, 0.2) is 16.5 Å². The number of ether oxygens (including phenoxy) is 1. The number of hydrogen-bond acceptors (Lipinski definition) is 16. The maximum Gasteiger partial charge on any atom is 0.352 e. The molecule has 20 heteroatoms. The van der Waals surface area contributed by atoms with Crippen LogP contribution in [0.15, 0.2) is 39.0 Å². The van der Waals surface area contributed by atoms with Crippen LogP contribution in [0.4, 0.5) is 5.13 Å². The van der Waals surface area contributed by atoms with Gasteiger partial charge in [0.25, 0.3) is 11.8 Å². The van der Waals surface area contributed by atoms with Crippen LogP contribution >= 0.6 is 34.9 Å². The van der Waals surface area contributed by atoms with Gasteiger partial charge in [-0.05, 0) is 48.9 Å². The number of esters is 1. The number of nitrogen functional groups attached to an aromatic ring is 1. The molecule has 1 fully saturated rings. The zero-order valence-electron chi connectivity index (χ0n) is 22.8. The van der Waals surface area contributed by atoms with Gasteiger partial charge in [0.1, 0.15) is 33.4 Å². The largest absolute Gasteiger partial charge is 0.477 e. The lowest BCUT2D eigenvalue weighted by molar-refractivity contribution is -0.160. The van der Waals surface area contributed by atoms with Crippen molar-refractivity contribution in [3.63, 3.8) is 0 Å². The lowest BCUT2D eigenvalue weighted by atomic mass is 10.0. The number of carboxylic acids is 1. The van der Waals surface area contributed by atoms with Gasteiger partial charge in [-0.3, -0.25) is 14.5 Å². The van der Waals surface area contributed by atoms with E-state index in [9.17, 15) is 24.3 Å². The topological polar surface area (TPSA) is 229 Å². The Morgan fingerprint density at radius 3 is 2.79 bits per heavy atom. The van der Waals surface area contributed by atoms with Crippen LogP contribution in [0.25, 0.3) is 5.65 Å². The number of nitrogens with two attached hydrogens (primary N) is 1. The van der Waals surface area contributed by atoms with E-state index in [-0.39, 0.29) is 28.0 Å². The van der Waals surface area contributed by atoms with Crippen LogP contribution in [0.3, 0.4) is 0 Å². The standard InChI is InChI=1S/C23H24N10O7S3/c1-23(2,3)40-14(34)6-39-29-15(11-9-43-22(24)25-11)18(35)26-16-19(36)32-17(21(37)38)10(8-42-20(16)32)7-41-13-5-4-12-27-30-31-33(12)28-13/h4-5,9,16,20H,6-8H2,1-3H3,(H2,24,25)(H,26,35)(H,37,38)/b29-15-/t16?,20-/m1/s1. The lowest BCUT2D eigenvalue weighted by Gasteiger charge is -2.49. The van der Waals surface area contributed by atoms with E-state index < -0.39 is 47.4 Å². The highest BCUT2D eigenvalue weighted by molar-refractivity contribution is 8.01. The van der Waals surface area contributed by atoms with E-state index in [1.807, 2.05) is 0 Å². The summed E-state index contributed by atoms with van der Waals surface area (Å²) in [6, 6.07) is 2.35. The van der Waals surface area contributed by atoms with Gasteiger partial charge in [-0.1, -0.05) is 5.16 Å². The summed E-state index contributed by atoms with van der Waals surface area (Å²) in [5.74, 6) is -2.85. The summed E-state index contributed by atoms with van der Waals surface area (Å²) >= 11 is 3.63. The highest BCUT2D eigenvalue weighted by Gasteiger charge is 2.54. The molecule has 0 aromatic carbocycles. The Morgan fingerprint density at radius 1 is 1.30 bits per heavy atom. The van der Waals surface area contributed by atoms with Gasteiger partial charge < -0.3 is 25.7 Å². The molecular formula is C23H24N10O7S3. The van der Waals surface area contributed by atoms with Crippen LogP contribution in [0.1, 0.15) is 26.5 Å². The molecule has 0 spiro atoms. The Morgan fingerprint density at radius 2 is 2.09 bits per heavy atom. The Bertz CT molecular complexity index is 1660. The number of aromatic nitrogens is 6. The molecule has 4 N–H and O–H groups in total. The second-order valence-electron chi connectivity index (χ2n) is 9.98. The quantitative estimate of drug-likeness (QED) is 0.0873. The zero-order valence-corrected chi connectivity index (χ0v) is 25.2. The summed E-state index contributed by atoms with van der Waals surface area (Å²) in [5.41, 5.74) is 5.57. The van der Waals surface area contributed by atoms with E-state index in [4.69, 9.17) is 15.3 Å². The predicted octanol–water partition coefficient (Wildman–Crippen LogP) is 0.151. The van der Waals surface area contributed by atoms with Gasteiger partial charge in [0.2, 0.25) is 6.61 Å². The van der Waals surface area contributed by atoms with Crippen LogP contribution in [-0.4, -0.2) is 105 Å². The first-order chi connectivity index (χ1) is 20.4. The van der Waals surface area contributed by atoms with Crippen molar-refractivity contribution in [2.75, 3.05) is 23.8 Å². The second-order valence-corrected chi connectivity index (χ2v) is 13.0. The minimum Gasteiger partial charge on any atom is -0.477 e. The fourth-order valence-corrected chi connectivity index (χ4v) is 6.88. The number of oxime groups is 1. The van der Waals surface area contributed by atoms with Crippen molar-refractivity contribution in [3.05, 3.63) is 34.5 Å². The summed E-state index contributed by atoms with van der Waals surface area (Å²) in [7, 11) is 0. The van der Waals surface area contributed by atoms with Crippen molar-refractivity contribution in [2.45, 2.75) is 42.8 Å². The molecule has 3 aromatic rings. The average Bonchev–Trinajstić information content (AvgIpc) is 3.59. The number of anilines is 1. The molecule has 17 nitrogen and oxygen atoms in total. The van der Waals surface area contributed by atoms with Crippen LogP contribution < -0.4 is 11.1 Å². The monoisotopic (exact) mass is 648 g/mol. The molecule has 0 aliphatic carbocycles. The number of amides is 2. The van der Waals surface area contributed by atoms with E-state index in [2.05, 4.69) is 36.1 Å². The van der Waals surface area contributed by atoms with Crippen LogP contribution in [0, 0.1) is 0 Å². The normalized spacial score (nSPS) is 18.7. The molecule has 5 heterocycles. The first-order valence-electron chi connectivity index (χ1n) is 12.4. The summed E-state index contributed by atoms with van der Waals surface area (Å²) in [6.07, 6.45) is 0. The Balaban J connectivity index is 1.27. The van der Waals surface area contributed by atoms with Crippen molar-refractivity contribution in [1.29, 1.82) is 0 Å². The molecule has 2 aliphatic rings. The molecule has 43 heavy (non-hydrogen) atoms. The van der Waals surface area contributed by atoms with E-state index in [1.165, 1.54) is 33.5 Å². The molecule has 0 bridgehead atoms. The maximum absolute atomic E-state index is 13.2. The van der Waals surface area contributed by atoms with Crippen LogP contribution in [-0.2, 0) is 28.8 Å². The Hall–Kier alpha value is -4.30. The fourth-order valence-electron chi connectivity index (χ4n) is 4.00. The van der Waals surface area contributed by atoms with E-state index in [0.29, 0.717) is 22.0 Å². The number of β-lactam (4-membered cyclic amide) rings is 1. The molecule has 2 atom stereocenters. The number of fused-ring (bicyclic) bond motifs is 2. The average molecular weight is 649 g/mol. The van der Waals surface area contributed by atoms with Gasteiger partial charge in [-0.15, -0.1) is 49.7 Å². The minimum atomic E-state index is -1.27. The SMILES string of the molecule is CC(C)(C)OC(=O)CO/N=C(\C(=O)NC1C(=O)N2C(C(=O)O)=C(CSc3ccc4nnnn4n3)CS[C@H]12)c1csc(N)n1. The van der Waals surface area contributed by atoms with Crippen molar-refractivity contribution < 1.29 is 33.9 Å². The number of carbonyl (C=O) groups is 4. The predicted molar refractivity (Wildman–Crippen MR) is 154 cm³/mol. The smallest absolute Gasteiger partial charge is 0.352 e.